The number of hydrogen-bond acceptors (Lipinski definition) is 5. The van der Waals surface area contributed by atoms with Crippen molar-refractivity contribution < 1.29 is 24.5 Å². The lowest BCUT2D eigenvalue weighted by atomic mass is 10.0. The first-order valence-electron chi connectivity index (χ1n) is 34.9. The van der Waals surface area contributed by atoms with Gasteiger partial charge in [0, 0.05) is 12.8 Å². The second-order valence-electron chi connectivity index (χ2n) is 23.9. The first-order chi connectivity index (χ1) is 38.5. The van der Waals surface area contributed by atoms with Gasteiger partial charge in [-0.2, -0.15) is 0 Å². The molecule has 0 heterocycles. The number of carbonyl (C=O) groups is 2. The SMILES string of the molecule is CCCCC/C=C\C/C=C\CCCCCCCCCCCC(=O)OCCCCCCCCCCC/C=C\C/C=C\CCCCCCCCCC(=O)NC(CO)C(O)CCCCCCCCCCCCCCCCCCCCC. The van der Waals surface area contributed by atoms with E-state index in [-0.39, 0.29) is 18.5 Å². The highest BCUT2D eigenvalue weighted by Gasteiger charge is 2.20. The van der Waals surface area contributed by atoms with E-state index in [1.54, 1.807) is 0 Å². The molecular weight excluding hydrogens is 959 g/mol. The van der Waals surface area contributed by atoms with E-state index in [4.69, 9.17) is 4.74 Å². The third kappa shape index (κ3) is 63.0. The molecule has 2 atom stereocenters. The summed E-state index contributed by atoms with van der Waals surface area (Å²) in [5.41, 5.74) is 0. The highest BCUT2D eigenvalue weighted by Crippen LogP contribution is 2.18. The number of esters is 1. The molecule has 0 aliphatic heterocycles. The zero-order valence-electron chi connectivity index (χ0n) is 52.4. The van der Waals surface area contributed by atoms with Gasteiger partial charge in [-0.3, -0.25) is 9.59 Å². The zero-order chi connectivity index (χ0) is 56.4. The van der Waals surface area contributed by atoms with Gasteiger partial charge in [0.2, 0.25) is 5.91 Å². The summed E-state index contributed by atoms with van der Waals surface area (Å²) in [5.74, 6) is -0.0391. The molecule has 0 radical (unpaired) electrons. The number of rotatable bonds is 65. The molecular formula is C72H135NO5. The molecule has 6 nitrogen and oxygen atoms in total. The van der Waals surface area contributed by atoms with E-state index in [9.17, 15) is 19.8 Å². The summed E-state index contributed by atoms with van der Waals surface area (Å²) in [7, 11) is 0. The number of ether oxygens (including phenoxy) is 1. The quantitative estimate of drug-likeness (QED) is 0.0320. The molecule has 0 aliphatic rings. The van der Waals surface area contributed by atoms with Crippen molar-refractivity contribution in [2.24, 2.45) is 0 Å². The molecule has 0 spiro atoms. The van der Waals surface area contributed by atoms with Crippen LogP contribution in [0.1, 0.15) is 373 Å². The summed E-state index contributed by atoms with van der Waals surface area (Å²) in [6.07, 6.45) is 87.1. The van der Waals surface area contributed by atoms with Crippen molar-refractivity contribution >= 4 is 11.9 Å². The van der Waals surface area contributed by atoms with Crippen LogP contribution < -0.4 is 5.32 Å². The van der Waals surface area contributed by atoms with Crippen molar-refractivity contribution in [3.63, 3.8) is 0 Å². The average Bonchev–Trinajstić information content (AvgIpc) is 3.44. The molecule has 0 aliphatic carbocycles. The fourth-order valence-corrected chi connectivity index (χ4v) is 10.8. The van der Waals surface area contributed by atoms with E-state index < -0.39 is 12.1 Å². The Morgan fingerprint density at radius 3 is 1.00 bits per heavy atom. The molecule has 2 unspecified atom stereocenters. The molecule has 0 saturated heterocycles. The molecule has 0 saturated carbocycles. The van der Waals surface area contributed by atoms with E-state index in [2.05, 4.69) is 67.8 Å². The number of allylic oxidation sites excluding steroid dienone is 8. The Kier molecular flexibility index (Phi) is 65.4. The largest absolute Gasteiger partial charge is 0.466 e. The average molecular weight is 1090 g/mol. The lowest BCUT2D eigenvalue weighted by Gasteiger charge is -2.22. The predicted octanol–water partition coefficient (Wildman–Crippen LogP) is 22.5. The van der Waals surface area contributed by atoms with E-state index in [1.807, 2.05) is 0 Å². The Morgan fingerprint density at radius 1 is 0.359 bits per heavy atom. The summed E-state index contributed by atoms with van der Waals surface area (Å²) in [6, 6.07) is -0.551. The van der Waals surface area contributed by atoms with Crippen molar-refractivity contribution in [2.45, 2.75) is 386 Å². The van der Waals surface area contributed by atoms with E-state index in [0.717, 1.165) is 64.2 Å². The minimum Gasteiger partial charge on any atom is -0.466 e. The Bertz CT molecular complexity index is 1310. The van der Waals surface area contributed by atoms with Gasteiger partial charge in [0.25, 0.3) is 0 Å². The molecule has 458 valence electrons. The molecule has 0 bridgehead atoms. The minimum absolute atomic E-state index is 0.00360. The Balaban J connectivity index is 3.44. The molecule has 0 aromatic carbocycles. The maximum Gasteiger partial charge on any atom is 0.305 e. The molecule has 6 heteroatoms. The van der Waals surface area contributed by atoms with Crippen LogP contribution in [0, 0.1) is 0 Å². The molecule has 0 rings (SSSR count). The number of aliphatic hydroxyl groups is 2. The molecule has 1 amide bonds. The lowest BCUT2D eigenvalue weighted by molar-refractivity contribution is -0.143. The number of unbranched alkanes of at least 4 members (excludes halogenated alkanes) is 46. The van der Waals surface area contributed by atoms with E-state index in [1.165, 1.54) is 276 Å². The van der Waals surface area contributed by atoms with Crippen molar-refractivity contribution in [3.05, 3.63) is 48.6 Å². The summed E-state index contributed by atoms with van der Waals surface area (Å²) in [6.45, 7) is 4.94. The van der Waals surface area contributed by atoms with E-state index >= 15 is 0 Å². The van der Waals surface area contributed by atoms with Crippen LogP contribution in [0.25, 0.3) is 0 Å². The standard InChI is InChI=1S/C72H135NO5/c1-3-5-7-9-11-13-15-17-19-21-28-32-36-40-44-48-52-56-60-64-70(75)69(68-74)73-71(76)65-61-57-53-49-45-41-37-33-30-26-24-23-25-27-31-35-39-43-47-51-55-59-63-67-78-72(77)66-62-58-54-50-46-42-38-34-29-22-20-18-16-14-12-10-8-6-4-2/h12,14,18,20,23,25-26,30,69-70,74-75H,3-11,13,15-17,19,21-22,24,27-29,31-68H2,1-2H3,(H,73,76)/b14-12-,20-18-,25-23-,30-26-. The van der Waals surface area contributed by atoms with Crippen LogP contribution in [0.4, 0.5) is 0 Å². The maximum atomic E-state index is 12.5. The normalized spacial score (nSPS) is 12.8. The van der Waals surface area contributed by atoms with Crippen LogP contribution in [0.15, 0.2) is 48.6 Å². The van der Waals surface area contributed by atoms with Gasteiger partial charge in [-0.05, 0) is 89.9 Å². The third-order valence-corrected chi connectivity index (χ3v) is 16.1. The fourth-order valence-electron chi connectivity index (χ4n) is 10.8. The van der Waals surface area contributed by atoms with Gasteiger partial charge in [-0.25, -0.2) is 0 Å². The van der Waals surface area contributed by atoms with Gasteiger partial charge in [-0.1, -0.05) is 319 Å². The van der Waals surface area contributed by atoms with Crippen LogP contribution in [0.3, 0.4) is 0 Å². The minimum atomic E-state index is -0.673. The number of aliphatic hydroxyl groups excluding tert-OH is 2. The Hall–Kier alpha value is -2.18. The maximum absolute atomic E-state index is 12.5. The second-order valence-corrected chi connectivity index (χ2v) is 23.9. The van der Waals surface area contributed by atoms with Gasteiger partial charge < -0.3 is 20.3 Å². The van der Waals surface area contributed by atoms with Gasteiger partial charge in [-0.15, -0.1) is 0 Å². The van der Waals surface area contributed by atoms with E-state index in [0.29, 0.717) is 25.9 Å². The molecule has 0 aromatic rings. The molecule has 3 N–H and O–H groups in total. The summed E-state index contributed by atoms with van der Waals surface area (Å²) >= 11 is 0. The second kappa shape index (κ2) is 67.3. The van der Waals surface area contributed by atoms with Gasteiger partial charge in [0.05, 0.1) is 25.4 Å². The van der Waals surface area contributed by atoms with Crippen LogP contribution in [-0.2, 0) is 14.3 Å². The van der Waals surface area contributed by atoms with Crippen molar-refractivity contribution in [2.75, 3.05) is 13.2 Å². The monoisotopic (exact) mass is 1090 g/mol. The first-order valence-corrected chi connectivity index (χ1v) is 34.9. The third-order valence-electron chi connectivity index (χ3n) is 16.1. The highest BCUT2D eigenvalue weighted by atomic mass is 16.5. The van der Waals surface area contributed by atoms with Crippen LogP contribution in [-0.4, -0.2) is 47.4 Å². The lowest BCUT2D eigenvalue weighted by Crippen LogP contribution is -2.45. The zero-order valence-corrected chi connectivity index (χ0v) is 52.4. The van der Waals surface area contributed by atoms with Gasteiger partial charge in [0.1, 0.15) is 0 Å². The summed E-state index contributed by atoms with van der Waals surface area (Å²) in [5, 5.41) is 23.4. The number of hydrogen-bond donors (Lipinski definition) is 3. The molecule has 78 heavy (non-hydrogen) atoms. The number of nitrogens with one attached hydrogen (secondary N) is 1. The Morgan fingerprint density at radius 2 is 0.641 bits per heavy atom. The number of amides is 1. The topological polar surface area (TPSA) is 95.9 Å². The van der Waals surface area contributed by atoms with Gasteiger partial charge in [0.15, 0.2) is 0 Å². The molecule has 0 aromatic heterocycles. The van der Waals surface area contributed by atoms with Crippen LogP contribution >= 0.6 is 0 Å². The van der Waals surface area contributed by atoms with Crippen LogP contribution in [0.2, 0.25) is 0 Å². The first kappa shape index (κ1) is 75.8. The van der Waals surface area contributed by atoms with Crippen molar-refractivity contribution in [3.8, 4) is 0 Å². The summed E-state index contributed by atoms with van der Waals surface area (Å²) in [4.78, 5) is 24.6. The molecule has 0 fully saturated rings. The summed E-state index contributed by atoms with van der Waals surface area (Å²) < 4.78 is 5.50. The highest BCUT2D eigenvalue weighted by molar-refractivity contribution is 5.76. The fraction of sp³-hybridized carbons (Fsp3) is 0.861. The number of carbonyl (C=O) groups excluding carboxylic acids is 2. The van der Waals surface area contributed by atoms with Crippen LogP contribution in [0.5, 0.6) is 0 Å². The smallest absolute Gasteiger partial charge is 0.305 e. The van der Waals surface area contributed by atoms with Crippen molar-refractivity contribution in [1.82, 2.24) is 5.32 Å². The van der Waals surface area contributed by atoms with Gasteiger partial charge >= 0.3 is 5.97 Å². The Labute approximate surface area is 486 Å². The predicted molar refractivity (Wildman–Crippen MR) is 342 cm³/mol. The van der Waals surface area contributed by atoms with Crippen molar-refractivity contribution in [1.29, 1.82) is 0 Å².